The number of para-hydroxylation sites is 1. The number of sulfonamides is 1. The fourth-order valence-corrected chi connectivity index (χ4v) is 6.13. The van der Waals surface area contributed by atoms with Gasteiger partial charge in [0.2, 0.25) is 10.0 Å². The van der Waals surface area contributed by atoms with Crippen molar-refractivity contribution >= 4 is 21.7 Å². The summed E-state index contributed by atoms with van der Waals surface area (Å²) in [7, 11) is -4.10. The van der Waals surface area contributed by atoms with Crippen LogP contribution in [0.5, 0.6) is 0 Å². The van der Waals surface area contributed by atoms with Crippen molar-refractivity contribution in [2.75, 3.05) is 19.6 Å². The summed E-state index contributed by atoms with van der Waals surface area (Å²) >= 11 is 0. The Kier molecular flexibility index (Phi) is 7.98. The minimum absolute atomic E-state index is 0.0999. The number of nitro benzene ring substituents is 1. The molecule has 0 radical (unpaired) electrons. The summed E-state index contributed by atoms with van der Waals surface area (Å²) in [6.45, 7) is 9.85. The zero-order chi connectivity index (χ0) is 26.0. The molecule has 3 rings (SSSR count). The van der Waals surface area contributed by atoms with E-state index in [-0.39, 0.29) is 24.0 Å². The van der Waals surface area contributed by atoms with Crippen LogP contribution in [0.25, 0.3) is 0 Å². The van der Waals surface area contributed by atoms with E-state index in [9.17, 15) is 23.3 Å². The zero-order valence-corrected chi connectivity index (χ0v) is 21.6. The lowest BCUT2D eigenvalue weighted by Gasteiger charge is -2.42. The van der Waals surface area contributed by atoms with E-state index in [0.717, 1.165) is 11.1 Å². The number of carbonyl (C=O) groups is 1. The summed E-state index contributed by atoms with van der Waals surface area (Å²) in [5.41, 5.74) is 0.959. The summed E-state index contributed by atoms with van der Waals surface area (Å²) in [5, 5.41) is 11.4. The Morgan fingerprint density at radius 1 is 1.17 bits per heavy atom. The predicted octanol–water partition coefficient (Wildman–Crippen LogP) is 3.55. The summed E-state index contributed by atoms with van der Waals surface area (Å²) < 4.78 is 33.7. The van der Waals surface area contributed by atoms with Crippen molar-refractivity contribution in [3.63, 3.8) is 0 Å². The van der Waals surface area contributed by atoms with Crippen molar-refractivity contribution in [3.05, 3.63) is 69.8 Å². The van der Waals surface area contributed by atoms with Crippen LogP contribution in [0.2, 0.25) is 0 Å². The Morgan fingerprint density at radius 2 is 1.86 bits per heavy atom. The molecule has 0 N–H and O–H groups in total. The number of ether oxygens (including phenoxy) is 1. The minimum atomic E-state index is -4.10. The first-order valence-electron chi connectivity index (χ1n) is 11.6. The number of rotatable bonds is 7. The molecule has 1 heterocycles. The molecule has 0 unspecified atom stereocenters. The molecule has 0 bridgehead atoms. The van der Waals surface area contributed by atoms with Gasteiger partial charge < -0.3 is 4.74 Å². The van der Waals surface area contributed by atoms with E-state index in [1.54, 1.807) is 6.92 Å². The molecule has 1 aliphatic rings. The second kappa shape index (κ2) is 10.4. The second-order valence-electron chi connectivity index (χ2n) is 9.93. The molecule has 1 saturated heterocycles. The van der Waals surface area contributed by atoms with Crippen molar-refractivity contribution in [1.29, 1.82) is 0 Å². The summed E-state index contributed by atoms with van der Waals surface area (Å²) in [6, 6.07) is 12.2. The van der Waals surface area contributed by atoms with Crippen LogP contribution in [0, 0.1) is 17.0 Å². The lowest BCUT2D eigenvalue weighted by Crippen LogP contribution is -2.58. The van der Waals surface area contributed by atoms with Crippen molar-refractivity contribution in [1.82, 2.24) is 9.21 Å². The first-order valence-corrected chi connectivity index (χ1v) is 13.0. The number of esters is 1. The fourth-order valence-electron chi connectivity index (χ4n) is 4.36. The quantitative estimate of drug-likeness (QED) is 0.323. The monoisotopic (exact) mass is 503 g/mol. The van der Waals surface area contributed by atoms with Crippen LogP contribution in [0.1, 0.15) is 38.8 Å². The Morgan fingerprint density at radius 3 is 2.46 bits per heavy atom. The highest BCUT2D eigenvalue weighted by atomic mass is 32.2. The lowest BCUT2D eigenvalue weighted by molar-refractivity contribution is -0.387. The molecule has 9 nitrogen and oxygen atoms in total. The molecule has 2 aromatic carbocycles. The van der Waals surface area contributed by atoms with Gasteiger partial charge in [-0.1, -0.05) is 42.0 Å². The van der Waals surface area contributed by atoms with Gasteiger partial charge in [-0.3, -0.25) is 19.8 Å². The van der Waals surface area contributed by atoms with Gasteiger partial charge in [-0.2, -0.15) is 4.31 Å². The first kappa shape index (κ1) is 26.8. The van der Waals surface area contributed by atoms with Gasteiger partial charge in [-0.05, 0) is 52.7 Å². The van der Waals surface area contributed by atoms with Gasteiger partial charge in [-0.25, -0.2) is 8.42 Å². The number of hydrogen-bond acceptors (Lipinski definition) is 7. The fraction of sp³-hybridized carbons (Fsp3) is 0.480. The van der Waals surface area contributed by atoms with E-state index in [1.807, 2.05) is 56.9 Å². The number of nitro groups is 1. The third-order valence-corrected chi connectivity index (χ3v) is 7.94. The number of piperazine rings is 1. The van der Waals surface area contributed by atoms with E-state index in [2.05, 4.69) is 0 Å². The van der Waals surface area contributed by atoms with Crippen LogP contribution in [-0.4, -0.2) is 65.8 Å². The van der Waals surface area contributed by atoms with Crippen LogP contribution in [0.3, 0.4) is 0 Å². The maximum absolute atomic E-state index is 13.4. The van der Waals surface area contributed by atoms with Gasteiger partial charge in [0.15, 0.2) is 4.90 Å². The van der Waals surface area contributed by atoms with Crippen molar-refractivity contribution < 1.29 is 22.9 Å². The third-order valence-electron chi connectivity index (χ3n) is 5.88. The molecule has 1 aliphatic heterocycles. The zero-order valence-electron chi connectivity index (χ0n) is 20.8. The number of carbonyl (C=O) groups excluding carboxylic acids is 1. The molecule has 0 spiro atoms. The van der Waals surface area contributed by atoms with Gasteiger partial charge in [0.05, 0.1) is 4.92 Å². The van der Waals surface area contributed by atoms with Crippen LogP contribution < -0.4 is 0 Å². The summed E-state index contributed by atoms with van der Waals surface area (Å²) in [4.78, 5) is 25.6. The van der Waals surface area contributed by atoms with Gasteiger partial charge in [0.25, 0.3) is 5.69 Å². The summed E-state index contributed by atoms with van der Waals surface area (Å²) in [5.74, 6) is -0.360. The minimum Gasteiger partial charge on any atom is -0.459 e. The molecule has 0 aromatic heterocycles. The van der Waals surface area contributed by atoms with Crippen molar-refractivity contribution in [2.24, 2.45) is 0 Å². The highest BCUT2D eigenvalue weighted by molar-refractivity contribution is 7.89. The van der Waals surface area contributed by atoms with Crippen LogP contribution >= 0.6 is 0 Å². The Hall–Kier alpha value is -2.82. The molecule has 2 aromatic rings. The van der Waals surface area contributed by atoms with Gasteiger partial charge in [0, 0.05) is 31.7 Å². The average Bonchev–Trinajstić information content (AvgIpc) is 2.76. The Labute approximate surface area is 206 Å². The smallest absolute Gasteiger partial charge is 0.324 e. The van der Waals surface area contributed by atoms with Gasteiger partial charge in [-0.15, -0.1) is 0 Å². The highest BCUT2D eigenvalue weighted by Gasteiger charge is 2.40. The van der Waals surface area contributed by atoms with Crippen molar-refractivity contribution in [3.8, 4) is 0 Å². The normalized spacial score (nSPS) is 18.7. The Bertz CT molecular complexity index is 1190. The highest BCUT2D eigenvalue weighted by Crippen LogP contribution is 2.29. The van der Waals surface area contributed by atoms with Crippen LogP contribution in [-0.2, 0) is 26.0 Å². The maximum atomic E-state index is 13.4. The molecule has 0 aliphatic carbocycles. The molecule has 0 saturated carbocycles. The SMILES string of the molecule is Cc1cccc(C[C@@H](C(=O)OC(C)(C)C)N2CCN(S(=O)(=O)c3ccccc3[N+](=O)[O-])[C@@H](C)C2)c1. The average molecular weight is 504 g/mol. The van der Waals surface area contributed by atoms with E-state index in [4.69, 9.17) is 4.74 Å². The molecular weight excluding hydrogens is 470 g/mol. The van der Waals surface area contributed by atoms with Gasteiger partial charge >= 0.3 is 5.97 Å². The number of aryl methyl sites for hydroxylation is 1. The number of nitrogens with zero attached hydrogens (tertiary/aromatic N) is 3. The standard InChI is InChI=1S/C25H33N3O6S/c1-18-9-8-10-20(15-18)16-22(24(29)34-25(3,4)5)26-13-14-27(19(2)17-26)35(32,33)23-12-7-6-11-21(23)28(30)31/h6-12,15,19,22H,13-14,16-17H2,1-5H3/t19-,22-/m0/s1. The molecule has 10 heteroatoms. The van der Waals surface area contributed by atoms with E-state index in [0.29, 0.717) is 13.0 Å². The molecule has 190 valence electrons. The predicted molar refractivity (Wildman–Crippen MR) is 133 cm³/mol. The lowest BCUT2D eigenvalue weighted by atomic mass is 10.0. The first-order chi connectivity index (χ1) is 16.3. The van der Waals surface area contributed by atoms with Crippen LogP contribution in [0.4, 0.5) is 5.69 Å². The third kappa shape index (κ3) is 6.45. The molecule has 35 heavy (non-hydrogen) atoms. The van der Waals surface area contributed by atoms with E-state index < -0.39 is 38.3 Å². The Balaban J connectivity index is 1.86. The van der Waals surface area contributed by atoms with Crippen molar-refractivity contribution in [2.45, 2.75) is 63.6 Å². The topological polar surface area (TPSA) is 110 Å². The van der Waals surface area contributed by atoms with Gasteiger partial charge in [0.1, 0.15) is 11.6 Å². The molecule has 0 amide bonds. The van der Waals surface area contributed by atoms with E-state index in [1.165, 1.54) is 28.6 Å². The maximum Gasteiger partial charge on any atom is 0.324 e. The molecule has 1 fully saturated rings. The number of benzene rings is 2. The largest absolute Gasteiger partial charge is 0.459 e. The number of hydrogen-bond donors (Lipinski definition) is 0. The summed E-state index contributed by atoms with van der Waals surface area (Å²) in [6.07, 6.45) is 0.431. The molecular formula is C25H33N3O6S. The molecule has 2 atom stereocenters. The van der Waals surface area contributed by atoms with Crippen LogP contribution in [0.15, 0.2) is 53.4 Å². The van der Waals surface area contributed by atoms with E-state index >= 15 is 0 Å². The second-order valence-corrected chi connectivity index (χ2v) is 11.8.